The summed E-state index contributed by atoms with van der Waals surface area (Å²) in [6.45, 7) is 4.87. The predicted octanol–water partition coefficient (Wildman–Crippen LogP) is 1.76. The van der Waals surface area contributed by atoms with E-state index in [4.69, 9.17) is 5.11 Å². The van der Waals surface area contributed by atoms with Crippen LogP contribution in [-0.4, -0.2) is 21.3 Å². The lowest BCUT2D eigenvalue weighted by atomic mass is 9.94. The van der Waals surface area contributed by atoms with Gasteiger partial charge >= 0.3 is 5.97 Å². The predicted molar refractivity (Wildman–Crippen MR) is 59.3 cm³/mol. The molecular weight excluding hydrogens is 208 g/mol. The minimum atomic E-state index is -1.06. The average Bonchev–Trinajstić information content (AvgIpc) is 2.22. The van der Waals surface area contributed by atoms with Gasteiger partial charge in [-0.05, 0) is 49.6 Å². The molecule has 2 atom stereocenters. The molecule has 0 aromatic heterocycles. The van der Waals surface area contributed by atoms with Crippen molar-refractivity contribution in [1.82, 2.24) is 0 Å². The zero-order chi connectivity index (χ0) is 12.5. The summed E-state index contributed by atoms with van der Waals surface area (Å²) < 4.78 is 0. The van der Waals surface area contributed by atoms with Crippen LogP contribution in [0, 0.1) is 19.8 Å². The summed E-state index contributed by atoms with van der Waals surface area (Å²) >= 11 is 0. The van der Waals surface area contributed by atoms with Gasteiger partial charge in [-0.15, -0.1) is 0 Å². The number of phenols is 1. The number of aliphatic carboxylic acids is 1. The highest BCUT2D eigenvalue weighted by Crippen LogP contribution is 2.29. The van der Waals surface area contributed by atoms with Gasteiger partial charge in [-0.1, -0.05) is 0 Å². The molecule has 1 aromatic rings. The van der Waals surface area contributed by atoms with E-state index >= 15 is 0 Å². The molecule has 1 aromatic carbocycles. The number of hydrogen-bond acceptors (Lipinski definition) is 3. The van der Waals surface area contributed by atoms with Crippen molar-refractivity contribution in [2.75, 3.05) is 0 Å². The number of aliphatic hydroxyl groups excluding tert-OH is 1. The maximum atomic E-state index is 10.7. The molecule has 4 heteroatoms. The largest absolute Gasteiger partial charge is 0.507 e. The van der Waals surface area contributed by atoms with E-state index in [1.165, 1.54) is 6.92 Å². The fourth-order valence-electron chi connectivity index (χ4n) is 1.58. The maximum Gasteiger partial charge on any atom is 0.309 e. The molecule has 0 aliphatic rings. The average molecular weight is 224 g/mol. The van der Waals surface area contributed by atoms with Gasteiger partial charge in [0.05, 0.1) is 12.0 Å². The minimum Gasteiger partial charge on any atom is -0.507 e. The first-order valence-electron chi connectivity index (χ1n) is 5.05. The first kappa shape index (κ1) is 12.5. The number of carbonyl (C=O) groups is 1. The number of carboxylic acid groups (broad SMARTS) is 1. The SMILES string of the molecule is Cc1cc(C(O)C(C)C(=O)O)cc(C)c1O. The normalized spacial score (nSPS) is 14.5. The van der Waals surface area contributed by atoms with Crippen molar-refractivity contribution in [2.24, 2.45) is 5.92 Å². The van der Waals surface area contributed by atoms with Crippen LogP contribution in [0.5, 0.6) is 5.75 Å². The summed E-state index contributed by atoms with van der Waals surface area (Å²) in [6.07, 6.45) is -1.06. The maximum absolute atomic E-state index is 10.7. The quantitative estimate of drug-likeness (QED) is 0.731. The van der Waals surface area contributed by atoms with Crippen LogP contribution in [0.1, 0.15) is 29.7 Å². The zero-order valence-corrected chi connectivity index (χ0v) is 9.56. The van der Waals surface area contributed by atoms with Crippen LogP contribution in [0.4, 0.5) is 0 Å². The Kier molecular flexibility index (Phi) is 3.55. The van der Waals surface area contributed by atoms with E-state index in [2.05, 4.69) is 0 Å². The lowest BCUT2D eigenvalue weighted by Gasteiger charge is -2.17. The smallest absolute Gasteiger partial charge is 0.309 e. The lowest BCUT2D eigenvalue weighted by Crippen LogP contribution is -2.18. The summed E-state index contributed by atoms with van der Waals surface area (Å²) in [5.41, 5.74) is 1.78. The van der Waals surface area contributed by atoms with Crippen molar-refractivity contribution in [2.45, 2.75) is 26.9 Å². The molecule has 0 heterocycles. The van der Waals surface area contributed by atoms with Gasteiger partial charge in [-0.2, -0.15) is 0 Å². The lowest BCUT2D eigenvalue weighted by molar-refractivity contribution is -0.145. The third-order valence-electron chi connectivity index (χ3n) is 2.72. The van der Waals surface area contributed by atoms with Gasteiger partial charge in [-0.3, -0.25) is 4.79 Å². The Bertz CT molecular complexity index is 388. The Morgan fingerprint density at radius 2 is 1.69 bits per heavy atom. The van der Waals surface area contributed by atoms with Crippen LogP contribution in [-0.2, 0) is 4.79 Å². The molecule has 2 unspecified atom stereocenters. The molecule has 88 valence electrons. The molecular formula is C12H16O4. The number of benzene rings is 1. The second kappa shape index (κ2) is 4.53. The summed E-state index contributed by atoms with van der Waals surface area (Å²) in [5, 5.41) is 28.2. The summed E-state index contributed by atoms with van der Waals surface area (Å²) in [4.78, 5) is 10.7. The zero-order valence-electron chi connectivity index (χ0n) is 9.56. The van der Waals surface area contributed by atoms with E-state index in [1.54, 1.807) is 26.0 Å². The van der Waals surface area contributed by atoms with Crippen LogP contribution < -0.4 is 0 Å². The van der Waals surface area contributed by atoms with E-state index in [-0.39, 0.29) is 5.75 Å². The number of phenolic OH excluding ortho intramolecular Hbond substituents is 1. The Morgan fingerprint density at radius 3 is 2.06 bits per heavy atom. The number of aliphatic hydroxyl groups is 1. The molecule has 0 bridgehead atoms. The van der Waals surface area contributed by atoms with Crippen LogP contribution >= 0.6 is 0 Å². The van der Waals surface area contributed by atoms with E-state index < -0.39 is 18.0 Å². The van der Waals surface area contributed by atoms with Crippen molar-refractivity contribution < 1.29 is 20.1 Å². The molecule has 0 aliphatic heterocycles. The molecule has 4 nitrogen and oxygen atoms in total. The molecule has 0 saturated carbocycles. The van der Waals surface area contributed by atoms with Crippen molar-refractivity contribution in [3.63, 3.8) is 0 Å². The van der Waals surface area contributed by atoms with Gasteiger partial charge < -0.3 is 15.3 Å². The number of aromatic hydroxyl groups is 1. The first-order valence-corrected chi connectivity index (χ1v) is 5.05. The molecule has 16 heavy (non-hydrogen) atoms. The highest BCUT2D eigenvalue weighted by atomic mass is 16.4. The Labute approximate surface area is 94.2 Å². The van der Waals surface area contributed by atoms with Gasteiger partial charge in [-0.25, -0.2) is 0 Å². The van der Waals surface area contributed by atoms with E-state index in [0.717, 1.165) is 0 Å². The molecule has 0 saturated heterocycles. The fourth-order valence-corrected chi connectivity index (χ4v) is 1.58. The van der Waals surface area contributed by atoms with Crippen LogP contribution in [0.25, 0.3) is 0 Å². The van der Waals surface area contributed by atoms with Gasteiger partial charge in [0.2, 0.25) is 0 Å². The van der Waals surface area contributed by atoms with Crippen molar-refractivity contribution in [3.8, 4) is 5.75 Å². The monoisotopic (exact) mass is 224 g/mol. The Hall–Kier alpha value is -1.55. The molecule has 0 spiro atoms. The van der Waals surface area contributed by atoms with E-state index in [0.29, 0.717) is 16.7 Å². The second-order valence-corrected chi connectivity index (χ2v) is 4.08. The Balaban J connectivity index is 3.10. The summed E-state index contributed by atoms with van der Waals surface area (Å²) in [6, 6.07) is 3.21. The van der Waals surface area contributed by atoms with Gasteiger partial charge in [0.15, 0.2) is 0 Å². The fraction of sp³-hybridized carbons (Fsp3) is 0.417. The van der Waals surface area contributed by atoms with Gasteiger partial charge in [0, 0.05) is 0 Å². The van der Waals surface area contributed by atoms with Crippen molar-refractivity contribution in [1.29, 1.82) is 0 Å². The van der Waals surface area contributed by atoms with Crippen molar-refractivity contribution >= 4 is 5.97 Å². The molecule has 3 N–H and O–H groups in total. The molecule has 0 fully saturated rings. The van der Waals surface area contributed by atoms with Crippen LogP contribution in [0.15, 0.2) is 12.1 Å². The van der Waals surface area contributed by atoms with E-state index in [9.17, 15) is 15.0 Å². The summed E-state index contributed by atoms with van der Waals surface area (Å²) in [7, 11) is 0. The first-order chi connectivity index (χ1) is 7.34. The summed E-state index contributed by atoms with van der Waals surface area (Å²) in [5.74, 6) is -1.74. The number of carboxylic acids is 1. The molecule has 0 aliphatic carbocycles. The highest BCUT2D eigenvalue weighted by molar-refractivity contribution is 5.70. The minimum absolute atomic E-state index is 0.180. The number of hydrogen-bond donors (Lipinski definition) is 3. The standard InChI is InChI=1S/C12H16O4/c1-6-4-9(5-7(2)10(6)13)11(14)8(3)12(15)16/h4-5,8,11,13-14H,1-3H3,(H,15,16). The van der Waals surface area contributed by atoms with Gasteiger partial charge in [0.1, 0.15) is 5.75 Å². The third kappa shape index (κ3) is 2.33. The topological polar surface area (TPSA) is 77.8 Å². The number of rotatable bonds is 3. The highest BCUT2D eigenvalue weighted by Gasteiger charge is 2.23. The molecule has 1 rings (SSSR count). The molecule has 0 amide bonds. The van der Waals surface area contributed by atoms with Gasteiger partial charge in [0.25, 0.3) is 0 Å². The van der Waals surface area contributed by atoms with Crippen LogP contribution in [0.2, 0.25) is 0 Å². The molecule has 0 radical (unpaired) electrons. The Morgan fingerprint density at radius 1 is 1.25 bits per heavy atom. The third-order valence-corrected chi connectivity index (χ3v) is 2.72. The number of aryl methyl sites for hydroxylation is 2. The van der Waals surface area contributed by atoms with E-state index in [1.807, 2.05) is 0 Å². The van der Waals surface area contributed by atoms with Crippen molar-refractivity contribution in [3.05, 3.63) is 28.8 Å². The second-order valence-electron chi connectivity index (χ2n) is 4.08. The van der Waals surface area contributed by atoms with Crippen LogP contribution in [0.3, 0.4) is 0 Å².